The van der Waals surface area contributed by atoms with Gasteiger partial charge in [-0.05, 0) is 30.7 Å². The molecule has 0 aromatic heterocycles. The number of nitrogens with one attached hydrogen (secondary N) is 3. The summed E-state index contributed by atoms with van der Waals surface area (Å²) in [4.78, 5) is 24.3. The SMILES string of the molecule is CCCCNC(=O)C[NH+](C)CC(=O)Nc1ccc(Cl)cc1. The average molecular weight is 313 g/mol. The Labute approximate surface area is 130 Å². The lowest BCUT2D eigenvalue weighted by Gasteiger charge is -2.13. The van der Waals surface area contributed by atoms with E-state index >= 15 is 0 Å². The molecule has 0 saturated heterocycles. The van der Waals surface area contributed by atoms with Gasteiger partial charge in [0.25, 0.3) is 11.8 Å². The smallest absolute Gasteiger partial charge is 0.279 e. The summed E-state index contributed by atoms with van der Waals surface area (Å²) in [5.41, 5.74) is 0.699. The third-order valence-electron chi connectivity index (χ3n) is 2.91. The fourth-order valence-electron chi connectivity index (χ4n) is 1.82. The summed E-state index contributed by atoms with van der Waals surface area (Å²) >= 11 is 5.78. The van der Waals surface area contributed by atoms with Crippen LogP contribution in [0.2, 0.25) is 5.02 Å². The second-order valence-electron chi connectivity index (χ2n) is 5.07. The van der Waals surface area contributed by atoms with Crippen LogP contribution in [0, 0.1) is 0 Å². The summed E-state index contributed by atoms with van der Waals surface area (Å²) in [7, 11) is 1.82. The van der Waals surface area contributed by atoms with Crippen LogP contribution in [-0.4, -0.2) is 38.5 Å². The second kappa shape index (κ2) is 9.37. The van der Waals surface area contributed by atoms with Crippen LogP contribution in [0.5, 0.6) is 0 Å². The van der Waals surface area contributed by atoms with Crippen molar-refractivity contribution in [2.75, 3.05) is 32.0 Å². The van der Waals surface area contributed by atoms with E-state index in [1.54, 1.807) is 24.3 Å². The number of quaternary nitrogens is 1. The molecule has 1 rings (SSSR count). The van der Waals surface area contributed by atoms with E-state index in [1.807, 2.05) is 7.05 Å². The van der Waals surface area contributed by atoms with Gasteiger partial charge in [-0.1, -0.05) is 24.9 Å². The molecule has 0 spiro atoms. The van der Waals surface area contributed by atoms with Crippen LogP contribution in [0.25, 0.3) is 0 Å². The first kappa shape index (κ1) is 17.5. The highest BCUT2D eigenvalue weighted by Gasteiger charge is 2.13. The molecule has 5 nitrogen and oxygen atoms in total. The quantitative estimate of drug-likeness (QED) is 0.619. The first-order valence-electron chi connectivity index (χ1n) is 7.14. The molecule has 3 N–H and O–H groups in total. The molecular formula is C15H23ClN3O2+. The normalized spacial score (nSPS) is 11.8. The van der Waals surface area contributed by atoms with Gasteiger partial charge in [-0.3, -0.25) is 9.59 Å². The summed E-state index contributed by atoms with van der Waals surface area (Å²) in [6, 6.07) is 6.92. The van der Waals surface area contributed by atoms with E-state index < -0.39 is 0 Å². The fraction of sp³-hybridized carbons (Fsp3) is 0.467. The first-order chi connectivity index (χ1) is 10.0. The number of anilines is 1. The Hall–Kier alpha value is -1.59. The Balaban J connectivity index is 2.30. The predicted molar refractivity (Wildman–Crippen MR) is 84.6 cm³/mol. The van der Waals surface area contributed by atoms with Crippen molar-refractivity contribution in [3.8, 4) is 0 Å². The van der Waals surface area contributed by atoms with Crippen molar-refractivity contribution in [2.45, 2.75) is 19.8 Å². The van der Waals surface area contributed by atoms with Crippen LogP contribution in [0.15, 0.2) is 24.3 Å². The largest absolute Gasteiger partial charge is 0.351 e. The number of hydrogen-bond acceptors (Lipinski definition) is 2. The van der Waals surface area contributed by atoms with E-state index in [9.17, 15) is 9.59 Å². The van der Waals surface area contributed by atoms with Crippen LogP contribution in [-0.2, 0) is 9.59 Å². The molecule has 0 radical (unpaired) electrons. The Kier molecular flexibility index (Phi) is 7.79. The van der Waals surface area contributed by atoms with Gasteiger partial charge in [-0.15, -0.1) is 0 Å². The lowest BCUT2D eigenvalue weighted by molar-refractivity contribution is -0.862. The number of unbranched alkanes of at least 4 members (excludes halogenated alkanes) is 1. The summed E-state index contributed by atoms with van der Waals surface area (Å²) < 4.78 is 0. The topological polar surface area (TPSA) is 62.6 Å². The van der Waals surface area contributed by atoms with E-state index in [-0.39, 0.29) is 24.9 Å². The van der Waals surface area contributed by atoms with Gasteiger partial charge >= 0.3 is 0 Å². The molecule has 116 valence electrons. The van der Waals surface area contributed by atoms with E-state index in [0.717, 1.165) is 17.7 Å². The van der Waals surface area contributed by atoms with Gasteiger partial charge in [-0.25, -0.2) is 0 Å². The molecule has 0 aliphatic carbocycles. The van der Waals surface area contributed by atoms with Gasteiger partial charge in [0.05, 0.1) is 7.05 Å². The highest BCUT2D eigenvalue weighted by Crippen LogP contribution is 2.12. The van der Waals surface area contributed by atoms with Crippen LogP contribution in [0.4, 0.5) is 5.69 Å². The van der Waals surface area contributed by atoms with E-state index in [4.69, 9.17) is 11.6 Å². The van der Waals surface area contributed by atoms with Crippen molar-refractivity contribution in [1.29, 1.82) is 0 Å². The molecule has 1 aromatic carbocycles. The minimum absolute atomic E-state index is 0.0276. The summed E-state index contributed by atoms with van der Waals surface area (Å²) in [6.45, 7) is 3.30. The Morgan fingerprint density at radius 3 is 2.38 bits per heavy atom. The van der Waals surface area contributed by atoms with Crippen molar-refractivity contribution in [3.63, 3.8) is 0 Å². The molecule has 1 aromatic rings. The molecular weight excluding hydrogens is 290 g/mol. The van der Waals surface area contributed by atoms with E-state index in [0.29, 0.717) is 17.3 Å². The third-order valence-corrected chi connectivity index (χ3v) is 3.16. The summed E-state index contributed by atoms with van der Waals surface area (Å²) in [6.07, 6.45) is 2.02. The number of halogens is 1. The van der Waals surface area contributed by atoms with Crippen molar-refractivity contribution in [1.82, 2.24) is 5.32 Å². The molecule has 0 fully saturated rings. The number of carbonyl (C=O) groups excluding carboxylic acids is 2. The highest BCUT2D eigenvalue weighted by molar-refractivity contribution is 6.30. The number of likely N-dealkylation sites (N-methyl/N-ethyl adjacent to an activating group) is 1. The molecule has 1 unspecified atom stereocenters. The van der Waals surface area contributed by atoms with E-state index in [1.165, 1.54) is 0 Å². The molecule has 21 heavy (non-hydrogen) atoms. The lowest BCUT2D eigenvalue weighted by Crippen LogP contribution is -3.11. The van der Waals surface area contributed by atoms with Gasteiger partial charge < -0.3 is 15.5 Å². The zero-order valence-electron chi connectivity index (χ0n) is 12.5. The standard InChI is InChI=1S/C15H22ClN3O2/c1-3-4-9-17-14(20)10-19(2)11-15(21)18-13-7-5-12(16)6-8-13/h5-8H,3-4,9-11H2,1-2H3,(H,17,20)(H,18,21)/p+1. The fourth-order valence-corrected chi connectivity index (χ4v) is 1.94. The maximum atomic E-state index is 11.9. The number of amides is 2. The van der Waals surface area contributed by atoms with Crippen LogP contribution in [0.3, 0.4) is 0 Å². The maximum absolute atomic E-state index is 11.9. The zero-order chi connectivity index (χ0) is 15.7. The number of rotatable bonds is 8. The van der Waals surface area contributed by atoms with Gasteiger partial charge in [-0.2, -0.15) is 0 Å². The number of benzene rings is 1. The highest BCUT2D eigenvalue weighted by atomic mass is 35.5. The zero-order valence-corrected chi connectivity index (χ0v) is 13.3. The minimum atomic E-state index is -0.129. The van der Waals surface area contributed by atoms with Gasteiger partial charge in [0.2, 0.25) is 0 Å². The average Bonchev–Trinajstić information content (AvgIpc) is 2.41. The van der Waals surface area contributed by atoms with Crippen LogP contribution in [0.1, 0.15) is 19.8 Å². The Bertz CT molecular complexity index is 462. The maximum Gasteiger partial charge on any atom is 0.279 e. The van der Waals surface area contributed by atoms with Gasteiger partial charge in [0.1, 0.15) is 0 Å². The lowest BCUT2D eigenvalue weighted by atomic mass is 10.3. The molecule has 0 aliphatic rings. The minimum Gasteiger partial charge on any atom is -0.351 e. The Morgan fingerprint density at radius 2 is 1.76 bits per heavy atom. The Morgan fingerprint density at radius 1 is 1.14 bits per heavy atom. The van der Waals surface area contributed by atoms with Crippen molar-refractivity contribution < 1.29 is 14.5 Å². The van der Waals surface area contributed by atoms with Crippen molar-refractivity contribution in [3.05, 3.63) is 29.3 Å². The number of carbonyl (C=O) groups is 2. The third kappa shape index (κ3) is 7.68. The summed E-state index contributed by atoms with van der Waals surface area (Å²) in [5.74, 6) is -0.156. The monoisotopic (exact) mass is 312 g/mol. The van der Waals surface area contributed by atoms with Crippen LogP contribution < -0.4 is 15.5 Å². The molecule has 6 heteroatoms. The molecule has 0 bridgehead atoms. The van der Waals surface area contributed by atoms with Gasteiger partial charge in [0, 0.05) is 17.3 Å². The first-order valence-corrected chi connectivity index (χ1v) is 7.52. The van der Waals surface area contributed by atoms with Crippen molar-refractivity contribution >= 4 is 29.1 Å². The van der Waals surface area contributed by atoms with Crippen LogP contribution >= 0.6 is 11.6 Å². The van der Waals surface area contributed by atoms with Crippen molar-refractivity contribution in [2.24, 2.45) is 0 Å². The second-order valence-corrected chi connectivity index (χ2v) is 5.51. The summed E-state index contributed by atoms with van der Waals surface area (Å²) in [5, 5.41) is 6.24. The number of hydrogen-bond donors (Lipinski definition) is 3. The molecule has 0 heterocycles. The predicted octanol–water partition coefficient (Wildman–Crippen LogP) is 0.710. The van der Waals surface area contributed by atoms with E-state index in [2.05, 4.69) is 17.6 Å². The molecule has 1 atom stereocenters. The van der Waals surface area contributed by atoms with Gasteiger partial charge in [0.15, 0.2) is 13.1 Å². The molecule has 0 aliphatic heterocycles. The molecule has 2 amide bonds. The molecule has 0 saturated carbocycles.